The van der Waals surface area contributed by atoms with Gasteiger partial charge in [0.05, 0.1) is 17.5 Å². The smallest absolute Gasteiger partial charge is 0.334 e. The fourth-order valence-corrected chi connectivity index (χ4v) is 1.77. The second-order valence-electron chi connectivity index (χ2n) is 3.63. The number of carbonyl (C=O) groups excluding carboxylic acids is 1. The Morgan fingerprint density at radius 3 is 2.68 bits per heavy atom. The van der Waals surface area contributed by atoms with Gasteiger partial charge in [-0.1, -0.05) is 6.07 Å². The molecule has 0 radical (unpaired) electrons. The molecule has 0 saturated carbocycles. The van der Waals surface area contributed by atoms with Gasteiger partial charge in [0.15, 0.2) is 0 Å². The average Bonchev–Trinajstić information content (AvgIpc) is 2.33. The third-order valence-corrected chi connectivity index (χ3v) is 2.77. The lowest BCUT2D eigenvalue weighted by molar-refractivity contribution is -0.142. The van der Waals surface area contributed by atoms with E-state index in [0.29, 0.717) is 5.56 Å². The van der Waals surface area contributed by atoms with Gasteiger partial charge in [-0.2, -0.15) is 0 Å². The first kappa shape index (κ1) is 15.4. The number of carboxylic acids is 1. The molecule has 0 aromatic heterocycles. The zero-order valence-electron chi connectivity index (χ0n) is 10.2. The van der Waals surface area contributed by atoms with E-state index in [1.165, 1.54) is 24.3 Å². The van der Waals surface area contributed by atoms with E-state index >= 15 is 0 Å². The van der Waals surface area contributed by atoms with Crippen LogP contribution in [0.3, 0.4) is 0 Å². The van der Waals surface area contributed by atoms with Crippen LogP contribution in [0, 0.1) is 5.82 Å². The number of rotatable bonds is 5. The molecule has 0 atom stereocenters. The predicted octanol–water partition coefficient (Wildman–Crippen LogP) is 3.01. The Hall–Kier alpha value is -1.69. The van der Waals surface area contributed by atoms with Gasteiger partial charge in [0, 0.05) is 5.57 Å². The molecule has 0 unspecified atom stereocenters. The fraction of sp³-hybridized carbons (Fsp3) is 0.231. The average molecular weight is 331 g/mol. The number of carboxylic acid groups (broad SMARTS) is 1. The van der Waals surface area contributed by atoms with E-state index in [1.807, 2.05) is 0 Å². The van der Waals surface area contributed by atoms with E-state index in [1.54, 1.807) is 6.92 Å². The molecule has 0 saturated heterocycles. The molecule has 0 aliphatic heterocycles. The number of esters is 1. The van der Waals surface area contributed by atoms with Crippen LogP contribution in [-0.4, -0.2) is 23.7 Å². The molecule has 0 bridgehead atoms. The van der Waals surface area contributed by atoms with Crippen molar-refractivity contribution in [3.63, 3.8) is 0 Å². The highest BCUT2D eigenvalue weighted by molar-refractivity contribution is 9.10. The zero-order chi connectivity index (χ0) is 14.4. The molecule has 1 N–H and O–H groups in total. The summed E-state index contributed by atoms with van der Waals surface area (Å²) in [4.78, 5) is 22.3. The first-order valence-electron chi connectivity index (χ1n) is 5.48. The molecule has 0 heterocycles. The van der Waals surface area contributed by atoms with Crippen LogP contribution in [-0.2, 0) is 14.3 Å². The van der Waals surface area contributed by atoms with Crippen molar-refractivity contribution in [3.05, 3.63) is 39.6 Å². The van der Waals surface area contributed by atoms with Crippen molar-refractivity contribution < 1.29 is 23.8 Å². The summed E-state index contributed by atoms with van der Waals surface area (Å²) in [5, 5.41) is 8.76. The quantitative estimate of drug-likeness (QED) is 0.665. The normalized spacial score (nSPS) is 11.2. The summed E-state index contributed by atoms with van der Waals surface area (Å²) in [7, 11) is 0. The van der Waals surface area contributed by atoms with E-state index in [4.69, 9.17) is 9.84 Å². The monoisotopic (exact) mass is 330 g/mol. The molecule has 0 amide bonds. The van der Waals surface area contributed by atoms with Gasteiger partial charge in [0.2, 0.25) is 0 Å². The molecule has 0 aliphatic carbocycles. The molecule has 0 spiro atoms. The largest absolute Gasteiger partial charge is 0.481 e. The van der Waals surface area contributed by atoms with Gasteiger partial charge >= 0.3 is 11.9 Å². The standard InChI is InChI=1S/C13H12BrFO4/c1-2-19-13(18)9(7-12(16)17)5-8-3-4-11(15)10(14)6-8/h3-6H,2,7H2,1H3,(H,16,17)/b9-5+. The fourth-order valence-electron chi connectivity index (χ4n) is 1.37. The minimum Gasteiger partial charge on any atom is -0.481 e. The molecule has 1 aromatic rings. The summed E-state index contributed by atoms with van der Waals surface area (Å²) in [5.74, 6) is -2.26. The van der Waals surface area contributed by atoms with Gasteiger partial charge in [-0.25, -0.2) is 9.18 Å². The van der Waals surface area contributed by atoms with Crippen molar-refractivity contribution in [1.82, 2.24) is 0 Å². The van der Waals surface area contributed by atoms with Crippen LogP contribution >= 0.6 is 15.9 Å². The number of carbonyl (C=O) groups is 2. The second kappa shape index (κ2) is 7.04. The Labute approximate surface area is 118 Å². The lowest BCUT2D eigenvalue weighted by Crippen LogP contribution is -2.11. The van der Waals surface area contributed by atoms with E-state index in [-0.39, 0.29) is 16.7 Å². The van der Waals surface area contributed by atoms with Crippen molar-refractivity contribution in [2.75, 3.05) is 6.61 Å². The Morgan fingerprint density at radius 1 is 1.47 bits per heavy atom. The minimum atomic E-state index is -1.14. The molecule has 102 valence electrons. The maximum absolute atomic E-state index is 13.1. The SMILES string of the molecule is CCOC(=O)/C(=C/c1ccc(F)c(Br)c1)CC(=O)O. The van der Waals surface area contributed by atoms with Crippen molar-refractivity contribution in [1.29, 1.82) is 0 Å². The number of ether oxygens (including phenoxy) is 1. The van der Waals surface area contributed by atoms with Crippen LogP contribution in [0.15, 0.2) is 28.2 Å². The number of aliphatic carboxylic acids is 1. The second-order valence-corrected chi connectivity index (χ2v) is 4.49. The van der Waals surface area contributed by atoms with Crippen LogP contribution in [0.5, 0.6) is 0 Å². The van der Waals surface area contributed by atoms with Gasteiger partial charge < -0.3 is 9.84 Å². The maximum Gasteiger partial charge on any atom is 0.334 e. The first-order chi connectivity index (χ1) is 8.93. The number of benzene rings is 1. The van der Waals surface area contributed by atoms with Crippen LogP contribution < -0.4 is 0 Å². The molecular formula is C13H12BrFO4. The van der Waals surface area contributed by atoms with E-state index in [0.717, 1.165) is 0 Å². The van der Waals surface area contributed by atoms with Gasteiger partial charge in [-0.05, 0) is 46.6 Å². The summed E-state index contributed by atoms with van der Waals surface area (Å²) in [6.07, 6.45) is 0.921. The van der Waals surface area contributed by atoms with Crippen LogP contribution in [0.25, 0.3) is 6.08 Å². The highest BCUT2D eigenvalue weighted by Gasteiger charge is 2.14. The van der Waals surface area contributed by atoms with Crippen molar-refractivity contribution in [2.24, 2.45) is 0 Å². The molecule has 0 aliphatic rings. The van der Waals surface area contributed by atoms with E-state index in [9.17, 15) is 14.0 Å². The topological polar surface area (TPSA) is 63.6 Å². The highest BCUT2D eigenvalue weighted by Crippen LogP contribution is 2.19. The number of halogens is 2. The number of hydrogen-bond acceptors (Lipinski definition) is 3. The summed E-state index contributed by atoms with van der Waals surface area (Å²) in [5.41, 5.74) is 0.519. The Kier molecular flexibility index (Phi) is 5.69. The van der Waals surface area contributed by atoms with Crippen molar-refractivity contribution in [3.8, 4) is 0 Å². The Bertz CT molecular complexity index is 525. The Balaban J connectivity index is 3.07. The molecule has 1 aromatic carbocycles. The zero-order valence-corrected chi connectivity index (χ0v) is 11.7. The molecular weight excluding hydrogens is 319 g/mol. The first-order valence-corrected chi connectivity index (χ1v) is 6.28. The molecule has 1 rings (SSSR count). The van der Waals surface area contributed by atoms with Crippen LogP contribution in [0.2, 0.25) is 0 Å². The molecule has 0 fully saturated rings. The van der Waals surface area contributed by atoms with Crippen LogP contribution in [0.4, 0.5) is 4.39 Å². The molecule has 6 heteroatoms. The Morgan fingerprint density at radius 2 is 2.16 bits per heavy atom. The third-order valence-electron chi connectivity index (χ3n) is 2.16. The number of hydrogen-bond donors (Lipinski definition) is 1. The van der Waals surface area contributed by atoms with Gasteiger partial charge in [-0.15, -0.1) is 0 Å². The van der Waals surface area contributed by atoms with Gasteiger partial charge in [0.1, 0.15) is 5.82 Å². The summed E-state index contributed by atoms with van der Waals surface area (Å²) in [6.45, 7) is 1.79. The summed E-state index contributed by atoms with van der Waals surface area (Å²) < 4.78 is 18.1. The highest BCUT2D eigenvalue weighted by atomic mass is 79.9. The van der Waals surface area contributed by atoms with Crippen molar-refractivity contribution >= 4 is 33.9 Å². The van der Waals surface area contributed by atoms with Gasteiger partial charge in [0.25, 0.3) is 0 Å². The van der Waals surface area contributed by atoms with E-state index in [2.05, 4.69) is 15.9 Å². The maximum atomic E-state index is 13.1. The third kappa shape index (κ3) is 4.82. The lowest BCUT2D eigenvalue weighted by atomic mass is 10.1. The predicted molar refractivity (Wildman–Crippen MR) is 71.0 cm³/mol. The van der Waals surface area contributed by atoms with E-state index < -0.39 is 24.2 Å². The minimum absolute atomic E-state index is 0.00728. The summed E-state index contributed by atoms with van der Waals surface area (Å²) >= 11 is 3.02. The molecule has 19 heavy (non-hydrogen) atoms. The van der Waals surface area contributed by atoms with Gasteiger partial charge in [-0.3, -0.25) is 4.79 Å². The van der Waals surface area contributed by atoms with Crippen molar-refractivity contribution in [2.45, 2.75) is 13.3 Å². The molecule has 4 nitrogen and oxygen atoms in total. The van der Waals surface area contributed by atoms with Crippen LogP contribution in [0.1, 0.15) is 18.9 Å². The lowest BCUT2D eigenvalue weighted by Gasteiger charge is -2.05. The summed E-state index contributed by atoms with van der Waals surface area (Å²) in [6, 6.07) is 4.12.